The van der Waals surface area contributed by atoms with Gasteiger partial charge < -0.3 is 0 Å². The Labute approximate surface area is 118 Å². The van der Waals surface area contributed by atoms with Crippen molar-refractivity contribution in [3.05, 3.63) is 33.8 Å². The first-order valence-electron chi connectivity index (χ1n) is 5.54. The molecule has 0 atom stereocenters. The van der Waals surface area contributed by atoms with Gasteiger partial charge in [-0.25, -0.2) is 5.06 Å². The highest BCUT2D eigenvalue weighted by Crippen LogP contribution is 2.32. The number of hydrogen-bond donors (Lipinski definition) is 0. The van der Waals surface area contributed by atoms with Gasteiger partial charge in [0.25, 0.3) is 0 Å². The maximum atomic E-state index is 11.9. The second-order valence-corrected chi connectivity index (χ2v) is 5.58. The molecule has 1 aromatic carbocycles. The number of halogens is 2. The molecule has 0 radical (unpaired) electrons. The second-order valence-electron chi connectivity index (χ2n) is 4.76. The minimum Gasteiger partial charge on any atom is -0.275 e. The molecule has 0 saturated heterocycles. The van der Waals surface area contributed by atoms with Crippen LogP contribution in [-0.2, 0) is 15.0 Å². The predicted molar refractivity (Wildman–Crippen MR) is 73.9 cm³/mol. The van der Waals surface area contributed by atoms with Gasteiger partial charge in [0, 0.05) is 13.5 Å². The second kappa shape index (κ2) is 5.91. The summed E-state index contributed by atoms with van der Waals surface area (Å²) in [5.74, 6) is -0.0893. The zero-order valence-electron chi connectivity index (χ0n) is 11.0. The lowest BCUT2D eigenvalue weighted by molar-refractivity contribution is -0.169. The summed E-state index contributed by atoms with van der Waals surface area (Å²) in [4.78, 5) is 16.7. The molecule has 18 heavy (non-hydrogen) atoms. The van der Waals surface area contributed by atoms with Crippen molar-refractivity contribution in [2.45, 2.75) is 25.7 Å². The van der Waals surface area contributed by atoms with E-state index < -0.39 is 0 Å². The molecular weight excluding hydrogens is 273 g/mol. The lowest BCUT2D eigenvalue weighted by Gasteiger charge is -2.27. The molecule has 0 aliphatic carbocycles. The third-order valence-corrected chi connectivity index (χ3v) is 3.66. The number of hydrogen-bond acceptors (Lipinski definition) is 2. The Morgan fingerprint density at radius 1 is 1.33 bits per heavy atom. The summed E-state index contributed by atoms with van der Waals surface area (Å²) in [6.45, 7) is 3.96. The smallest absolute Gasteiger partial charge is 0.246 e. The third-order valence-electron chi connectivity index (χ3n) is 2.92. The molecule has 5 heteroatoms. The van der Waals surface area contributed by atoms with Gasteiger partial charge in [-0.05, 0) is 23.1 Å². The van der Waals surface area contributed by atoms with Gasteiger partial charge >= 0.3 is 0 Å². The molecule has 1 amide bonds. The molecule has 100 valence electrons. The van der Waals surface area contributed by atoms with E-state index >= 15 is 0 Å². The zero-order valence-corrected chi connectivity index (χ0v) is 12.5. The van der Waals surface area contributed by atoms with Gasteiger partial charge in [-0.2, -0.15) is 0 Å². The monoisotopic (exact) mass is 289 g/mol. The largest absolute Gasteiger partial charge is 0.275 e. The maximum absolute atomic E-state index is 11.9. The van der Waals surface area contributed by atoms with E-state index in [-0.39, 0.29) is 11.3 Å². The zero-order chi connectivity index (χ0) is 13.9. The Morgan fingerprint density at radius 3 is 2.44 bits per heavy atom. The molecule has 3 nitrogen and oxygen atoms in total. The average molecular weight is 290 g/mol. The van der Waals surface area contributed by atoms with Crippen LogP contribution < -0.4 is 0 Å². The normalized spacial score (nSPS) is 11.4. The van der Waals surface area contributed by atoms with Crippen LogP contribution in [0.4, 0.5) is 0 Å². The molecule has 0 N–H and O–H groups in total. The standard InChI is InChI=1S/C13H17Cl2NO2/c1-13(2,8-12(17)16(3)18-4)9-5-6-10(14)11(15)7-9/h5-7H,8H2,1-4H3. The van der Waals surface area contributed by atoms with E-state index in [2.05, 4.69) is 0 Å². The van der Waals surface area contributed by atoms with Gasteiger partial charge in [0.1, 0.15) is 0 Å². The van der Waals surface area contributed by atoms with E-state index in [9.17, 15) is 4.79 Å². The molecule has 0 aliphatic heterocycles. The molecule has 1 rings (SSSR count). The summed E-state index contributed by atoms with van der Waals surface area (Å²) < 4.78 is 0. The van der Waals surface area contributed by atoms with Crippen LogP contribution in [0.5, 0.6) is 0 Å². The SMILES string of the molecule is CON(C)C(=O)CC(C)(C)c1ccc(Cl)c(Cl)c1. The van der Waals surface area contributed by atoms with E-state index in [1.165, 1.54) is 12.2 Å². The third kappa shape index (κ3) is 3.61. The number of carbonyl (C=O) groups excluding carboxylic acids is 1. The average Bonchev–Trinajstić information content (AvgIpc) is 2.30. The van der Waals surface area contributed by atoms with Gasteiger partial charge in [-0.1, -0.05) is 43.1 Å². The van der Waals surface area contributed by atoms with Crippen molar-refractivity contribution < 1.29 is 9.63 Å². The maximum Gasteiger partial charge on any atom is 0.246 e. The predicted octanol–water partition coefficient (Wildman–Crippen LogP) is 3.68. The molecule has 0 fully saturated rings. The molecule has 0 unspecified atom stereocenters. The summed E-state index contributed by atoms with van der Waals surface area (Å²) in [7, 11) is 3.05. The number of hydroxylamine groups is 2. The van der Waals surface area contributed by atoms with Crippen LogP contribution >= 0.6 is 23.2 Å². The fourth-order valence-corrected chi connectivity index (χ4v) is 1.91. The summed E-state index contributed by atoms with van der Waals surface area (Å²) in [5, 5.41) is 2.23. The van der Waals surface area contributed by atoms with Crippen molar-refractivity contribution in [1.82, 2.24) is 5.06 Å². The minimum atomic E-state index is -0.335. The molecule has 0 aliphatic rings. The fourth-order valence-electron chi connectivity index (χ4n) is 1.61. The molecule has 0 bridgehead atoms. The van der Waals surface area contributed by atoms with E-state index in [1.807, 2.05) is 19.9 Å². The van der Waals surface area contributed by atoms with Crippen LogP contribution in [0, 0.1) is 0 Å². The van der Waals surface area contributed by atoms with Crippen molar-refractivity contribution in [3.8, 4) is 0 Å². The summed E-state index contributed by atoms with van der Waals surface area (Å²) >= 11 is 11.9. The number of carbonyl (C=O) groups is 1. The van der Waals surface area contributed by atoms with E-state index in [0.717, 1.165) is 5.56 Å². The highest BCUT2D eigenvalue weighted by molar-refractivity contribution is 6.42. The van der Waals surface area contributed by atoms with Gasteiger partial charge in [0.05, 0.1) is 17.2 Å². The van der Waals surface area contributed by atoms with Crippen molar-refractivity contribution >= 4 is 29.1 Å². The van der Waals surface area contributed by atoms with Crippen LogP contribution in [0.15, 0.2) is 18.2 Å². The Bertz CT molecular complexity index is 447. The number of amides is 1. The van der Waals surface area contributed by atoms with Crippen LogP contribution in [0.1, 0.15) is 25.8 Å². The van der Waals surface area contributed by atoms with Crippen LogP contribution in [0.25, 0.3) is 0 Å². The van der Waals surface area contributed by atoms with Gasteiger partial charge in [0.2, 0.25) is 5.91 Å². The topological polar surface area (TPSA) is 29.5 Å². The summed E-state index contributed by atoms with van der Waals surface area (Å²) in [5.41, 5.74) is 0.632. The molecule has 0 spiro atoms. The quantitative estimate of drug-likeness (QED) is 0.792. The number of nitrogens with zero attached hydrogens (tertiary/aromatic N) is 1. The van der Waals surface area contributed by atoms with Crippen molar-refractivity contribution in [2.75, 3.05) is 14.2 Å². The van der Waals surface area contributed by atoms with Crippen molar-refractivity contribution in [1.29, 1.82) is 0 Å². The Balaban J connectivity index is 2.92. The number of rotatable bonds is 4. The van der Waals surface area contributed by atoms with E-state index in [0.29, 0.717) is 16.5 Å². The molecule has 0 aromatic heterocycles. The number of benzene rings is 1. The first kappa shape index (κ1) is 15.3. The Hall–Kier alpha value is -0.770. The van der Waals surface area contributed by atoms with Crippen molar-refractivity contribution in [3.63, 3.8) is 0 Å². The minimum absolute atomic E-state index is 0.0893. The Morgan fingerprint density at radius 2 is 1.94 bits per heavy atom. The van der Waals surface area contributed by atoms with Crippen molar-refractivity contribution in [2.24, 2.45) is 0 Å². The van der Waals surface area contributed by atoms with Crippen LogP contribution in [0.3, 0.4) is 0 Å². The highest BCUT2D eigenvalue weighted by Gasteiger charge is 2.26. The Kier molecular flexibility index (Phi) is 5.02. The highest BCUT2D eigenvalue weighted by atomic mass is 35.5. The fraction of sp³-hybridized carbons (Fsp3) is 0.462. The lowest BCUT2D eigenvalue weighted by Crippen LogP contribution is -2.32. The van der Waals surface area contributed by atoms with E-state index in [1.54, 1.807) is 19.2 Å². The first-order valence-corrected chi connectivity index (χ1v) is 6.29. The van der Waals surface area contributed by atoms with Gasteiger partial charge in [-0.15, -0.1) is 0 Å². The lowest BCUT2D eigenvalue weighted by atomic mass is 9.81. The summed E-state index contributed by atoms with van der Waals surface area (Å²) in [6.07, 6.45) is 0.329. The molecular formula is C13H17Cl2NO2. The van der Waals surface area contributed by atoms with Gasteiger partial charge in [0.15, 0.2) is 0 Å². The molecule has 0 saturated carbocycles. The molecule has 1 aromatic rings. The first-order chi connectivity index (χ1) is 8.27. The van der Waals surface area contributed by atoms with Crippen LogP contribution in [0.2, 0.25) is 10.0 Å². The molecule has 0 heterocycles. The van der Waals surface area contributed by atoms with E-state index in [4.69, 9.17) is 28.0 Å². The van der Waals surface area contributed by atoms with Gasteiger partial charge in [-0.3, -0.25) is 9.63 Å². The summed E-state index contributed by atoms with van der Waals surface area (Å²) in [6, 6.07) is 5.42. The van der Waals surface area contributed by atoms with Crippen LogP contribution in [-0.4, -0.2) is 25.1 Å².